The van der Waals surface area contributed by atoms with Crippen LogP contribution in [0.25, 0.3) is 0 Å². The fourth-order valence-electron chi connectivity index (χ4n) is 3.40. The van der Waals surface area contributed by atoms with E-state index in [9.17, 15) is 0 Å². The van der Waals surface area contributed by atoms with E-state index < -0.39 is 0 Å². The molecule has 2 unspecified atom stereocenters. The quantitative estimate of drug-likeness (QED) is 0.743. The molecule has 0 saturated carbocycles. The van der Waals surface area contributed by atoms with E-state index in [1.54, 1.807) is 0 Å². The molecule has 0 radical (unpaired) electrons. The molecule has 2 saturated heterocycles. The standard InChI is InChI=1S/C15H30N2/c1-4-14-11-16-9-6-5-7-15(16)12-17(14)10-8-13(2)3/h13-15H,4-12H2,1-3H3. The average Bonchev–Trinajstić information content (AvgIpc) is 2.35. The van der Waals surface area contributed by atoms with Crippen molar-refractivity contribution < 1.29 is 0 Å². The summed E-state index contributed by atoms with van der Waals surface area (Å²) in [4.78, 5) is 5.55. The molecule has 2 nitrogen and oxygen atoms in total. The second-order valence-corrected chi connectivity index (χ2v) is 6.38. The van der Waals surface area contributed by atoms with Crippen LogP contribution in [0.15, 0.2) is 0 Å². The Kier molecular flexibility index (Phi) is 4.87. The first-order valence-electron chi connectivity index (χ1n) is 7.68. The summed E-state index contributed by atoms with van der Waals surface area (Å²) in [5.74, 6) is 0.844. The zero-order valence-electron chi connectivity index (χ0n) is 12.0. The van der Waals surface area contributed by atoms with Gasteiger partial charge in [-0.15, -0.1) is 0 Å². The number of fused-ring (bicyclic) bond motifs is 1. The van der Waals surface area contributed by atoms with Gasteiger partial charge in [0.25, 0.3) is 0 Å². The summed E-state index contributed by atoms with van der Waals surface area (Å²) in [5, 5.41) is 0. The topological polar surface area (TPSA) is 6.48 Å². The number of piperazine rings is 1. The van der Waals surface area contributed by atoms with E-state index in [-0.39, 0.29) is 0 Å². The van der Waals surface area contributed by atoms with Gasteiger partial charge >= 0.3 is 0 Å². The minimum absolute atomic E-state index is 0.822. The Hall–Kier alpha value is -0.0800. The Labute approximate surface area is 107 Å². The molecule has 0 aromatic rings. The lowest BCUT2D eigenvalue weighted by Crippen LogP contribution is -2.59. The molecule has 0 spiro atoms. The van der Waals surface area contributed by atoms with Crippen LogP contribution < -0.4 is 0 Å². The molecule has 2 aliphatic heterocycles. The van der Waals surface area contributed by atoms with Crippen molar-refractivity contribution >= 4 is 0 Å². The van der Waals surface area contributed by atoms with Gasteiger partial charge in [0, 0.05) is 25.2 Å². The van der Waals surface area contributed by atoms with Crippen LogP contribution in [0.4, 0.5) is 0 Å². The number of nitrogens with zero attached hydrogens (tertiary/aromatic N) is 2. The van der Waals surface area contributed by atoms with Crippen LogP contribution in [0.2, 0.25) is 0 Å². The van der Waals surface area contributed by atoms with Crippen molar-refractivity contribution in [3.8, 4) is 0 Å². The molecular weight excluding hydrogens is 208 g/mol. The maximum Gasteiger partial charge on any atom is 0.0223 e. The fraction of sp³-hybridized carbons (Fsp3) is 1.00. The van der Waals surface area contributed by atoms with Gasteiger partial charge in [0.1, 0.15) is 0 Å². The van der Waals surface area contributed by atoms with E-state index in [0.29, 0.717) is 0 Å². The van der Waals surface area contributed by atoms with E-state index >= 15 is 0 Å². The molecule has 2 heteroatoms. The Bertz CT molecular complexity index is 227. The minimum atomic E-state index is 0.822. The first-order chi connectivity index (χ1) is 8.20. The highest BCUT2D eigenvalue weighted by molar-refractivity contribution is 4.90. The van der Waals surface area contributed by atoms with E-state index in [4.69, 9.17) is 0 Å². The first-order valence-corrected chi connectivity index (χ1v) is 7.68. The Balaban J connectivity index is 1.90. The second-order valence-electron chi connectivity index (χ2n) is 6.38. The lowest BCUT2D eigenvalue weighted by molar-refractivity contribution is 0.00571. The molecule has 2 rings (SSSR count). The Morgan fingerprint density at radius 2 is 2.00 bits per heavy atom. The smallest absolute Gasteiger partial charge is 0.0223 e. The first kappa shape index (κ1) is 13.4. The molecule has 2 atom stereocenters. The minimum Gasteiger partial charge on any atom is -0.298 e. The van der Waals surface area contributed by atoms with Crippen molar-refractivity contribution in [2.45, 2.75) is 65.0 Å². The molecule has 0 amide bonds. The number of piperidine rings is 1. The highest BCUT2D eigenvalue weighted by atomic mass is 15.3. The monoisotopic (exact) mass is 238 g/mol. The largest absolute Gasteiger partial charge is 0.298 e. The summed E-state index contributed by atoms with van der Waals surface area (Å²) in [6.45, 7) is 12.4. The van der Waals surface area contributed by atoms with Gasteiger partial charge in [-0.05, 0) is 44.7 Å². The lowest BCUT2D eigenvalue weighted by atomic mass is 9.95. The van der Waals surface area contributed by atoms with E-state index in [1.807, 2.05) is 0 Å². The van der Waals surface area contributed by atoms with Crippen molar-refractivity contribution in [2.75, 3.05) is 26.2 Å². The van der Waals surface area contributed by atoms with Gasteiger partial charge in [0.05, 0.1) is 0 Å². The summed E-state index contributed by atoms with van der Waals surface area (Å²) in [6.07, 6.45) is 7.01. The Morgan fingerprint density at radius 3 is 2.71 bits per heavy atom. The molecule has 17 heavy (non-hydrogen) atoms. The van der Waals surface area contributed by atoms with Gasteiger partial charge in [-0.3, -0.25) is 9.80 Å². The number of rotatable bonds is 4. The second kappa shape index (κ2) is 6.19. The molecule has 0 N–H and O–H groups in total. The normalized spacial score (nSPS) is 31.8. The fourth-order valence-corrected chi connectivity index (χ4v) is 3.40. The van der Waals surface area contributed by atoms with Gasteiger partial charge in [0.15, 0.2) is 0 Å². The number of hydrogen-bond acceptors (Lipinski definition) is 2. The van der Waals surface area contributed by atoms with Crippen molar-refractivity contribution in [1.29, 1.82) is 0 Å². The van der Waals surface area contributed by atoms with Crippen LogP contribution >= 0.6 is 0 Å². The molecule has 0 aromatic carbocycles. The van der Waals surface area contributed by atoms with Gasteiger partial charge in [0.2, 0.25) is 0 Å². The average molecular weight is 238 g/mol. The molecule has 2 heterocycles. The molecule has 100 valence electrons. The van der Waals surface area contributed by atoms with Crippen molar-refractivity contribution in [3.05, 3.63) is 0 Å². The third kappa shape index (κ3) is 3.45. The molecule has 0 bridgehead atoms. The molecular formula is C15H30N2. The SMILES string of the molecule is CCC1CN2CCCCC2CN1CCC(C)C. The maximum absolute atomic E-state index is 2.78. The van der Waals surface area contributed by atoms with Crippen LogP contribution in [0.5, 0.6) is 0 Å². The summed E-state index contributed by atoms with van der Waals surface area (Å²) in [6, 6.07) is 1.70. The molecule has 2 fully saturated rings. The summed E-state index contributed by atoms with van der Waals surface area (Å²) < 4.78 is 0. The van der Waals surface area contributed by atoms with E-state index in [0.717, 1.165) is 18.0 Å². The number of hydrogen-bond donors (Lipinski definition) is 0. The summed E-state index contributed by atoms with van der Waals surface area (Å²) in [5.41, 5.74) is 0. The van der Waals surface area contributed by atoms with Crippen LogP contribution in [-0.4, -0.2) is 48.1 Å². The zero-order chi connectivity index (χ0) is 12.3. The van der Waals surface area contributed by atoms with Crippen LogP contribution in [-0.2, 0) is 0 Å². The van der Waals surface area contributed by atoms with E-state index in [2.05, 4.69) is 30.6 Å². The maximum atomic E-state index is 2.78. The molecule has 2 aliphatic rings. The predicted octanol–water partition coefficient (Wildman–Crippen LogP) is 2.98. The van der Waals surface area contributed by atoms with Crippen molar-refractivity contribution in [3.63, 3.8) is 0 Å². The third-order valence-corrected chi connectivity index (χ3v) is 4.62. The van der Waals surface area contributed by atoms with Gasteiger partial charge in [-0.2, -0.15) is 0 Å². The highest BCUT2D eigenvalue weighted by Crippen LogP contribution is 2.25. The molecule has 0 aromatic heterocycles. The van der Waals surface area contributed by atoms with Crippen LogP contribution in [0.3, 0.4) is 0 Å². The Morgan fingerprint density at radius 1 is 1.18 bits per heavy atom. The van der Waals surface area contributed by atoms with Crippen molar-refractivity contribution in [1.82, 2.24) is 9.80 Å². The van der Waals surface area contributed by atoms with Crippen LogP contribution in [0, 0.1) is 5.92 Å². The van der Waals surface area contributed by atoms with Crippen LogP contribution in [0.1, 0.15) is 52.9 Å². The molecule has 0 aliphatic carbocycles. The highest BCUT2D eigenvalue weighted by Gasteiger charge is 2.33. The van der Waals surface area contributed by atoms with Gasteiger partial charge in [-0.1, -0.05) is 27.2 Å². The van der Waals surface area contributed by atoms with Gasteiger partial charge < -0.3 is 0 Å². The lowest BCUT2D eigenvalue weighted by Gasteiger charge is -2.48. The third-order valence-electron chi connectivity index (χ3n) is 4.62. The zero-order valence-corrected chi connectivity index (χ0v) is 12.0. The summed E-state index contributed by atoms with van der Waals surface area (Å²) in [7, 11) is 0. The van der Waals surface area contributed by atoms with E-state index in [1.165, 1.54) is 58.3 Å². The van der Waals surface area contributed by atoms with Gasteiger partial charge in [-0.25, -0.2) is 0 Å². The predicted molar refractivity (Wildman–Crippen MR) is 74.3 cm³/mol. The summed E-state index contributed by atoms with van der Waals surface area (Å²) >= 11 is 0. The van der Waals surface area contributed by atoms with Crippen molar-refractivity contribution in [2.24, 2.45) is 5.92 Å².